The van der Waals surface area contributed by atoms with Crippen LogP contribution in [-0.2, 0) is 9.59 Å². The summed E-state index contributed by atoms with van der Waals surface area (Å²) < 4.78 is 11.1. The maximum Gasteiger partial charge on any atom is 0.279 e. The highest BCUT2D eigenvalue weighted by Gasteiger charge is 2.17. The number of nitrogens with one attached hydrogen (secondary N) is 2. The van der Waals surface area contributed by atoms with Crippen LogP contribution in [0.2, 0.25) is 0 Å². The van der Waals surface area contributed by atoms with Gasteiger partial charge in [0, 0.05) is 0 Å². The van der Waals surface area contributed by atoms with E-state index in [2.05, 4.69) is 10.9 Å². The fourth-order valence-corrected chi connectivity index (χ4v) is 2.27. The lowest BCUT2D eigenvalue weighted by Gasteiger charge is -2.18. The predicted octanol–water partition coefficient (Wildman–Crippen LogP) is 2.61. The van der Waals surface area contributed by atoms with Gasteiger partial charge in [-0.05, 0) is 51.0 Å². The van der Waals surface area contributed by atoms with E-state index in [0.29, 0.717) is 11.5 Å². The molecule has 0 aliphatic heterocycles. The number of ether oxygens (including phenoxy) is 2. The van der Waals surface area contributed by atoms with Crippen LogP contribution < -0.4 is 20.3 Å². The zero-order chi connectivity index (χ0) is 19.1. The Bertz CT molecular complexity index is 752. The molecule has 2 aromatic rings. The molecule has 138 valence electrons. The second-order valence-electron chi connectivity index (χ2n) is 6.12. The van der Waals surface area contributed by atoms with Crippen LogP contribution >= 0.6 is 0 Å². The predicted molar refractivity (Wildman–Crippen MR) is 99.0 cm³/mol. The van der Waals surface area contributed by atoms with Gasteiger partial charge in [-0.25, -0.2) is 0 Å². The molecule has 2 amide bonds. The normalized spacial score (nSPS) is 11.4. The summed E-state index contributed by atoms with van der Waals surface area (Å²) in [5.74, 6) is 0.350. The molecule has 0 fully saturated rings. The molecule has 6 heteroatoms. The van der Waals surface area contributed by atoms with Crippen molar-refractivity contribution in [2.45, 2.75) is 33.8 Å². The van der Waals surface area contributed by atoms with Gasteiger partial charge in [-0.1, -0.05) is 35.9 Å². The van der Waals surface area contributed by atoms with Crippen molar-refractivity contribution in [3.8, 4) is 11.5 Å². The molecule has 0 unspecified atom stereocenters. The molecule has 0 radical (unpaired) electrons. The maximum absolute atomic E-state index is 12.1. The number of hydrazine groups is 1. The van der Waals surface area contributed by atoms with Crippen molar-refractivity contribution in [2.75, 3.05) is 6.61 Å². The summed E-state index contributed by atoms with van der Waals surface area (Å²) in [6, 6.07) is 13.1. The van der Waals surface area contributed by atoms with Crippen LogP contribution in [0, 0.1) is 20.8 Å². The second-order valence-corrected chi connectivity index (χ2v) is 6.12. The van der Waals surface area contributed by atoms with Gasteiger partial charge in [0.05, 0.1) is 0 Å². The van der Waals surface area contributed by atoms with Gasteiger partial charge < -0.3 is 9.47 Å². The third kappa shape index (κ3) is 5.51. The summed E-state index contributed by atoms with van der Waals surface area (Å²) in [6.45, 7) is 7.22. The fourth-order valence-electron chi connectivity index (χ4n) is 2.27. The monoisotopic (exact) mass is 356 g/mol. The van der Waals surface area contributed by atoms with Gasteiger partial charge in [-0.15, -0.1) is 0 Å². The Kier molecular flexibility index (Phi) is 6.60. The van der Waals surface area contributed by atoms with E-state index < -0.39 is 17.9 Å². The first-order valence-electron chi connectivity index (χ1n) is 8.38. The first-order chi connectivity index (χ1) is 12.4. The van der Waals surface area contributed by atoms with Crippen LogP contribution in [0.15, 0.2) is 42.5 Å². The molecule has 0 heterocycles. The van der Waals surface area contributed by atoms with Crippen LogP contribution in [0.4, 0.5) is 0 Å². The van der Waals surface area contributed by atoms with E-state index in [1.807, 2.05) is 51.1 Å². The van der Waals surface area contributed by atoms with E-state index in [0.717, 1.165) is 16.7 Å². The van der Waals surface area contributed by atoms with Crippen LogP contribution in [0.5, 0.6) is 11.5 Å². The van der Waals surface area contributed by atoms with Crippen molar-refractivity contribution in [3.05, 3.63) is 59.2 Å². The van der Waals surface area contributed by atoms with E-state index in [-0.39, 0.29) is 6.61 Å². The number of carbonyl (C=O) groups excluding carboxylic acids is 2. The SMILES string of the molecule is Cc1ccc(OCC(=O)NNC(=O)[C@H](C)Oc2c(C)cccc2C)cc1. The van der Waals surface area contributed by atoms with Gasteiger partial charge in [-0.2, -0.15) is 0 Å². The first kappa shape index (κ1) is 19.3. The lowest BCUT2D eigenvalue weighted by Crippen LogP contribution is -2.48. The molecule has 1 atom stereocenters. The molecule has 0 bridgehead atoms. The van der Waals surface area contributed by atoms with Gasteiger partial charge in [0.15, 0.2) is 12.7 Å². The van der Waals surface area contributed by atoms with E-state index in [1.54, 1.807) is 19.1 Å². The average Bonchev–Trinajstić information content (AvgIpc) is 2.62. The minimum absolute atomic E-state index is 0.199. The van der Waals surface area contributed by atoms with Gasteiger partial charge in [0.1, 0.15) is 11.5 Å². The topological polar surface area (TPSA) is 76.7 Å². The van der Waals surface area contributed by atoms with E-state index in [9.17, 15) is 9.59 Å². The van der Waals surface area contributed by atoms with Gasteiger partial charge in [0.2, 0.25) is 0 Å². The largest absolute Gasteiger partial charge is 0.484 e. The first-order valence-corrected chi connectivity index (χ1v) is 8.38. The highest BCUT2D eigenvalue weighted by Crippen LogP contribution is 2.23. The molecular weight excluding hydrogens is 332 g/mol. The molecule has 2 rings (SSSR count). The van der Waals surface area contributed by atoms with Crippen molar-refractivity contribution in [1.29, 1.82) is 0 Å². The summed E-state index contributed by atoms with van der Waals surface area (Å²) in [5, 5.41) is 0. The molecule has 0 spiro atoms. The van der Waals surface area contributed by atoms with E-state index in [4.69, 9.17) is 9.47 Å². The van der Waals surface area contributed by atoms with Crippen molar-refractivity contribution in [1.82, 2.24) is 10.9 Å². The Balaban J connectivity index is 1.78. The number of rotatable bonds is 6. The van der Waals surface area contributed by atoms with Crippen LogP contribution in [0.25, 0.3) is 0 Å². The van der Waals surface area contributed by atoms with E-state index in [1.165, 1.54) is 0 Å². The van der Waals surface area contributed by atoms with Crippen molar-refractivity contribution in [2.24, 2.45) is 0 Å². The van der Waals surface area contributed by atoms with Gasteiger partial charge in [0.25, 0.3) is 11.8 Å². The number of para-hydroxylation sites is 1. The van der Waals surface area contributed by atoms with Gasteiger partial charge in [-0.3, -0.25) is 20.4 Å². The minimum atomic E-state index is -0.756. The summed E-state index contributed by atoms with van der Waals surface area (Å²) >= 11 is 0. The molecule has 0 saturated heterocycles. The number of hydrogen-bond donors (Lipinski definition) is 2. The minimum Gasteiger partial charge on any atom is -0.484 e. The molecule has 0 aromatic heterocycles. The highest BCUT2D eigenvalue weighted by molar-refractivity contribution is 5.85. The smallest absolute Gasteiger partial charge is 0.279 e. The molecular formula is C20H24N2O4. The van der Waals surface area contributed by atoms with Crippen molar-refractivity contribution >= 4 is 11.8 Å². The lowest BCUT2D eigenvalue weighted by atomic mass is 10.1. The van der Waals surface area contributed by atoms with Crippen LogP contribution in [0.3, 0.4) is 0 Å². The molecule has 0 aliphatic rings. The molecule has 26 heavy (non-hydrogen) atoms. The summed E-state index contributed by atoms with van der Waals surface area (Å²) in [6.07, 6.45) is -0.756. The second kappa shape index (κ2) is 8.89. The Morgan fingerprint density at radius 2 is 1.58 bits per heavy atom. The standard InChI is InChI=1S/C20H24N2O4/c1-13-8-10-17(11-9-13)25-12-18(23)21-22-20(24)16(4)26-19-14(2)6-5-7-15(19)3/h5-11,16H,12H2,1-4H3,(H,21,23)(H,22,24)/t16-/m0/s1. The molecule has 0 saturated carbocycles. The lowest BCUT2D eigenvalue weighted by molar-refractivity contribution is -0.133. The highest BCUT2D eigenvalue weighted by atomic mass is 16.5. The molecule has 2 aromatic carbocycles. The number of benzene rings is 2. The molecule has 6 nitrogen and oxygen atoms in total. The van der Waals surface area contributed by atoms with Crippen molar-refractivity contribution in [3.63, 3.8) is 0 Å². The molecule has 0 aliphatic carbocycles. The van der Waals surface area contributed by atoms with Crippen LogP contribution in [-0.4, -0.2) is 24.5 Å². The van der Waals surface area contributed by atoms with E-state index >= 15 is 0 Å². The Morgan fingerprint density at radius 1 is 0.962 bits per heavy atom. The summed E-state index contributed by atoms with van der Waals surface area (Å²) in [4.78, 5) is 23.9. The summed E-state index contributed by atoms with van der Waals surface area (Å²) in [7, 11) is 0. The quantitative estimate of drug-likeness (QED) is 0.780. The summed E-state index contributed by atoms with van der Waals surface area (Å²) in [5.41, 5.74) is 7.65. The van der Waals surface area contributed by atoms with Gasteiger partial charge >= 0.3 is 0 Å². The van der Waals surface area contributed by atoms with Crippen molar-refractivity contribution < 1.29 is 19.1 Å². The number of aryl methyl sites for hydroxylation is 3. The third-order valence-corrected chi connectivity index (χ3v) is 3.79. The van der Waals surface area contributed by atoms with Crippen LogP contribution in [0.1, 0.15) is 23.6 Å². The molecule has 2 N–H and O–H groups in total. The Hall–Kier alpha value is -3.02. The Labute approximate surface area is 153 Å². The number of hydrogen-bond acceptors (Lipinski definition) is 4. The average molecular weight is 356 g/mol. The number of carbonyl (C=O) groups is 2. The maximum atomic E-state index is 12.1. The zero-order valence-corrected chi connectivity index (χ0v) is 15.5. The Morgan fingerprint density at radius 3 is 2.19 bits per heavy atom. The zero-order valence-electron chi connectivity index (χ0n) is 15.5. The fraction of sp³-hybridized carbons (Fsp3) is 0.300. The number of amides is 2. The third-order valence-electron chi connectivity index (χ3n) is 3.79.